The third kappa shape index (κ3) is 5.65. The molecule has 6 nitrogen and oxygen atoms in total. The second kappa shape index (κ2) is 8.76. The summed E-state index contributed by atoms with van der Waals surface area (Å²) in [6.45, 7) is 7.37. The van der Waals surface area contributed by atoms with Crippen molar-refractivity contribution in [3.8, 4) is 28.5 Å². The van der Waals surface area contributed by atoms with Crippen LogP contribution in [0.5, 0.6) is 5.75 Å². The van der Waals surface area contributed by atoms with Crippen molar-refractivity contribution >= 4 is 11.6 Å². The van der Waals surface area contributed by atoms with Crippen LogP contribution in [-0.4, -0.2) is 28.7 Å². The predicted molar refractivity (Wildman–Crippen MR) is 114 cm³/mol. The molecule has 0 atom stereocenters. The van der Waals surface area contributed by atoms with Gasteiger partial charge in [-0.3, -0.25) is 4.98 Å². The highest BCUT2D eigenvalue weighted by atomic mass is 35.5. The van der Waals surface area contributed by atoms with Gasteiger partial charge >= 0.3 is 5.69 Å². The van der Waals surface area contributed by atoms with Crippen LogP contribution in [0.4, 0.5) is 0 Å². The lowest BCUT2D eigenvalue weighted by Gasteiger charge is -2.18. The fourth-order valence-corrected chi connectivity index (χ4v) is 2.86. The van der Waals surface area contributed by atoms with E-state index in [0.717, 1.165) is 11.3 Å². The molecule has 29 heavy (non-hydrogen) atoms. The van der Waals surface area contributed by atoms with E-state index in [1.54, 1.807) is 13.2 Å². The number of nitrogens with zero attached hydrogens (tertiary/aromatic N) is 2. The van der Waals surface area contributed by atoms with Gasteiger partial charge in [0.15, 0.2) is 5.82 Å². The van der Waals surface area contributed by atoms with Crippen LogP contribution in [0.15, 0.2) is 47.3 Å². The molecular weight excluding hydrogens is 390 g/mol. The molecule has 1 aromatic heterocycles. The van der Waals surface area contributed by atoms with Crippen LogP contribution in [0.2, 0.25) is 5.02 Å². The summed E-state index contributed by atoms with van der Waals surface area (Å²) in [5.74, 6) is 1.43. The number of ether oxygens (including phenoxy) is 2. The van der Waals surface area contributed by atoms with E-state index in [4.69, 9.17) is 21.1 Å². The molecule has 0 radical (unpaired) electrons. The molecule has 7 heteroatoms. The minimum absolute atomic E-state index is 0.0695. The maximum atomic E-state index is 12.2. The zero-order chi connectivity index (χ0) is 21.0. The molecule has 0 saturated carbocycles. The lowest BCUT2D eigenvalue weighted by molar-refractivity contribution is 0.185. The molecule has 3 aromatic rings. The summed E-state index contributed by atoms with van der Waals surface area (Å²) < 4.78 is 11.0. The fraction of sp³-hybridized carbons (Fsp3) is 0.318. The Bertz CT molecular complexity index is 1040. The largest absolute Gasteiger partial charge is 0.493 e. The lowest BCUT2D eigenvalue weighted by atomic mass is 9.99. The summed E-state index contributed by atoms with van der Waals surface area (Å²) in [6, 6.07) is 12.8. The fourth-order valence-electron chi connectivity index (χ4n) is 2.65. The third-order valence-electron chi connectivity index (χ3n) is 4.03. The Morgan fingerprint density at radius 2 is 1.79 bits per heavy atom. The van der Waals surface area contributed by atoms with Gasteiger partial charge < -0.3 is 9.47 Å². The van der Waals surface area contributed by atoms with Crippen LogP contribution in [-0.2, 0) is 11.3 Å². The van der Waals surface area contributed by atoms with E-state index in [1.807, 2.05) is 36.4 Å². The van der Waals surface area contributed by atoms with Gasteiger partial charge in [-0.1, -0.05) is 38.4 Å². The predicted octanol–water partition coefficient (Wildman–Crippen LogP) is 4.72. The number of aromatic nitrogens is 3. The van der Waals surface area contributed by atoms with Crippen LogP contribution in [0.3, 0.4) is 0 Å². The van der Waals surface area contributed by atoms with E-state index in [-0.39, 0.29) is 5.41 Å². The highest BCUT2D eigenvalue weighted by Crippen LogP contribution is 2.28. The highest BCUT2D eigenvalue weighted by molar-refractivity contribution is 6.33. The number of H-pyrrole nitrogens is 1. The standard InChI is InChI=1S/C22H24ClN3O3/c1-22(2,3)13-29-16-8-6-15(7-9-16)19-24-20(26-21(27)25-19)17-11-14(12-28-4)5-10-18(17)23/h5-11H,12-13H2,1-4H3,(H,24,25,26,27). The van der Waals surface area contributed by atoms with E-state index in [9.17, 15) is 4.79 Å². The van der Waals surface area contributed by atoms with Crippen molar-refractivity contribution in [2.75, 3.05) is 13.7 Å². The molecule has 3 rings (SSSR count). The molecular formula is C22H24ClN3O3. The van der Waals surface area contributed by atoms with Crippen molar-refractivity contribution in [2.24, 2.45) is 5.41 Å². The molecule has 0 amide bonds. The molecule has 0 aliphatic heterocycles. The van der Waals surface area contributed by atoms with Gasteiger partial charge in [-0.05, 0) is 47.4 Å². The number of hydrogen-bond donors (Lipinski definition) is 1. The lowest BCUT2D eigenvalue weighted by Crippen LogP contribution is -2.16. The van der Waals surface area contributed by atoms with Gasteiger partial charge in [0.2, 0.25) is 0 Å². The van der Waals surface area contributed by atoms with Crippen LogP contribution < -0.4 is 10.4 Å². The van der Waals surface area contributed by atoms with E-state index >= 15 is 0 Å². The molecule has 0 spiro atoms. The first-order chi connectivity index (χ1) is 13.7. The molecule has 0 saturated heterocycles. The summed E-state index contributed by atoms with van der Waals surface area (Å²) in [6.07, 6.45) is 0. The van der Waals surface area contributed by atoms with Crippen molar-refractivity contribution in [2.45, 2.75) is 27.4 Å². The number of benzene rings is 2. The number of aromatic amines is 1. The average molecular weight is 414 g/mol. The van der Waals surface area contributed by atoms with Crippen LogP contribution in [0, 0.1) is 5.41 Å². The second-order valence-electron chi connectivity index (χ2n) is 7.95. The van der Waals surface area contributed by atoms with Gasteiger partial charge in [-0.15, -0.1) is 0 Å². The Balaban J connectivity index is 1.92. The number of methoxy groups -OCH3 is 1. The maximum Gasteiger partial charge on any atom is 0.348 e. The topological polar surface area (TPSA) is 77.1 Å². The number of halogens is 1. The zero-order valence-electron chi connectivity index (χ0n) is 17.0. The Hall–Kier alpha value is -2.70. The molecule has 2 aromatic carbocycles. The minimum Gasteiger partial charge on any atom is -0.493 e. The number of rotatable bonds is 6. The number of hydrogen-bond acceptors (Lipinski definition) is 5. The minimum atomic E-state index is -0.494. The van der Waals surface area contributed by atoms with E-state index in [0.29, 0.717) is 41.0 Å². The Kier molecular flexibility index (Phi) is 6.35. The quantitative estimate of drug-likeness (QED) is 0.632. The van der Waals surface area contributed by atoms with Gasteiger partial charge in [0.25, 0.3) is 0 Å². The van der Waals surface area contributed by atoms with Crippen molar-refractivity contribution in [1.29, 1.82) is 0 Å². The van der Waals surface area contributed by atoms with Crippen molar-refractivity contribution < 1.29 is 9.47 Å². The maximum absolute atomic E-state index is 12.2. The molecule has 1 heterocycles. The van der Waals surface area contributed by atoms with E-state index < -0.39 is 5.69 Å². The van der Waals surface area contributed by atoms with Gasteiger partial charge in [-0.2, -0.15) is 4.98 Å². The second-order valence-corrected chi connectivity index (χ2v) is 8.35. The zero-order valence-corrected chi connectivity index (χ0v) is 17.7. The summed E-state index contributed by atoms with van der Waals surface area (Å²) in [4.78, 5) is 23.3. The third-order valence-corrected chi connectivity index (χ3v) is 4.36. The first-order valence-corrected chi connectivity index (χ1v) is 9.62. The first-order valence-electron chi connectivity index (χ1n) is 9.24. The smallest absolute Gasteiger partial charge is 0.348 e. The Morgan fingerprint density at radius 1 is 1.07 bits per heavy atom. The average Bonchev–Trinajstić information content (AvgIpc) is 2.67. The first kappa shape index (κ1) is 21.0. The SMILES string of the molecule is COCc1ccc(Cl)c(-c2nc(-c3ccc(OCC(C)(C)C)cc3)nc(=O)[nH]2)c1. The van der Waals surface area contributed by atoms with Gasteiger partial charge in [0.1, 0.15) is 11.6 Å². The normalized spacial score (nSPS) is 11.5. The van der Waals surface area contributed by atoms with Crippen molar-refractivity contribution in [3.05, 3.63) is 63.5 Å². The van der Waals surface area contributed by atoms with Gasteiger partial charge in [0, 0.05) is 18.2 Å². The van der Waals surface area contributed by atoms with Crippen LogP contribution >= 0.6 is 11.6 Å². The molecule has 152 valence electrons. The summed E-state index contributed by atoms with van der Waals surface area (Å²) in [7, 11) is 1.62. The molecule has 0 fully saturated rings. The molecule has 1 N–H and O–H groups in total. The Morgan fingerprint density at radius 3 is 2.45 bits per heavy atom. The van der Waals surface area contributed by atoms with E-state index in [2.05, 4.69) is 35.7 Å². The summed E-state index contributed by atoms with van der Waals surface area (Å²) >= 11 is 6.33. The molecule has 0 unspecified atom stereocenters. The van der Waals surface area contributed by atoms with E-state index in [1.165, 1.54) is 0 Å². The highest BCUT2D eigenvalue weighted by Gasteiger charge is 2.13. The van der Waals surface area contributed by atoms with Crippen LogP contribution in [0.25, 0.3) is 22.8 Å². The van der Waals surface area contributed by atoms with Gasteiger partial charge in [0.05, 0.1) is 18.2 Å². The number of nitrogens with one attached hydrogen (secondary N) is 1. The molecule has 0 bridgehead atoms. The van der Waals surface area contributed by atoms with Crippen LogP contribution in [0.1, 0.15) is 26.3 Å². The van der Waals surface area contributed by atoms with Crippen molar-refractivity contribution in [3.63, 3.8) is 0 Å². The van der Waals surface area contributed by atoms with Crippen molar-refractivity contribution in [1.82, 2.24) is 15.0 Å². The molecule has 0 aliphatic carbocycles. The summed E-state index contributed by atoms with van der Waals surface area (Å²) in [5, 5.41) is 0.482. The van der Waals surface area contributed by atoms with Gasteiger partial charge in [-0.25, -0.2) is 9.78 Å². The monoisotopic (exact) mass is 413 g/mol. The molecule has 0 aliphatic rings. The Labute approximate surface area is 174 Å². The summed E-state index contributed by atoms with van der Waals surface area (Å²) in [5.41, 5.74) is 1.83.